The van der Waals surface area contributed by atoms with Crippen LogP contribution in [0, 0.1) is 5.82 Å². The average Bonchev–Trinajstić information content (AvgIpc) is 2.15. The number of hydrogen-bond donors (Lipinski definition) is 2. The Morgan fingerprint density at radius 1 is 1.38 bits per heavy atom. The van der Waals surface area contributed by atoms with Gasteiger partial charge in [0, 0.05) is 19.6 Å². The molecule has 0 bridgehead atoms. The first-order valence-electron chi connectivity index (χ1n) is 4.28. The quantitative estimate of drug-likeness (QED) is 0.654. The molecule has 0 atom stereocenters. The van der Waals surface area contributed by atoms with Crippen molar-refractivity contribution in [2.45, 2.75) is 6.54 Å². The van der Waals surface area contributed by atoms with Crippen molar-refractivity contribution in [2.24, 2.45) is 0 Å². The molecule has 0 radical (unpaired) electrons. The monoisotopic (exact) mass is 183 g/mol. The molecule has 0 aromatic carbocycles. The summed E-state index contributed by atoms with van der Waals surface area (Å²) >= 11 is 0. The first-order chi connectivity index (χ1) is 6.33. The predicted molar refractivity (Wildman–Crippen MR) is 49.8 cm³/mol. The molecule has 2 N–H and O–H groups in total. The second kappa shape index (κ2) is 5.61. The number of likely N-dealkylation sites (N-methyl/N-ethyl adjacent to an activating group) is 1. The Morgan fingerprint density at radius 3 is 2.85 bits per heavy atom. The van der Waals surface area contributed by atoms with Crippen molar-refractivity contribution in [1.82, 2.24) is 15.6 Å². The van der Waals surface area contributed by atoms with Gasteiger partial charge in [-0.15, -0.1) is 0 Å². The van der Waals surface area contributed by atoms with Crippen LogP contribution in [0.5, 0.6) is 0 Å². The number of aromatic nitrogens is 1. The van der Waals surface area contributed by atoms with Crippen LogP contribution in [0.3, 0.4) is 0 Å². The van der Waals surface area contributed by atoms with Gasteiger partial charge in [-0.2, -0.15) is 0 Å². The Kier molecular flexibility index (Phi) is 4.35. The van der Waals surface area contributed by atoms with Gasteiger partial charge < -0.3 is 10.6 Å². The number of hydrogen-bond acceptors (Lipinski definition) is 3. The topological polar surface area (TPSA) is 37.0 Å². The van der Waals surface area contributed by atoms with Gasteiger partial charge in [0.1, 0.15) is 5.82 Å². The van der Waals surface area contributed by atoms with E-state index in [1.807, 2.05) is 7.05 Å². The van der Waals surface area contributed by atoms with Crippen molar-refractivity contribution in [3.8, 4) is 0 Å². The van der Waals surface area contributed by atoms with Crippen LogP contribution in [0.25, 0.3) is 0 Å². The first kappa shape index (κ1) is 10.1. The van der Waals surface area contributed by atoms with Crippen molar-refractivity contribution in [3.63, 3.8) is 0 Å². The summed E-state index contributed by atoms with van der Waals surface area (Å²) in [5.74, 6) is -0.293. The third-order valence-corrected chi connectivity index (χ3v) is 1.65. The molecule has 13 heavy (non-hydrogen) atoms. The maximum atomic E-state index is 12.4. The Labute approximate surface area is 77.4 Å². The van der Waals surface area contributed by atoms with Crippen molar-refractivity contribution in [3.05, 3.63) is 29.8 Å². The first-order valence-corrected chi connectivity index (χ1v) is 4.28. The van der Waals surface area contributed by atoms with Crippen molar-refractivity contribution < 1.29 is 4.39 Å². The van der Waals surface area contributed by atoms with Crippen LogP contribution >= 0.6 is 0 Å². The summed E-state index contributed by atoms with van der Waals surface area (Å²) < 4.78 is 12.4. The van der Waals surface area contributed by atoms with Gasteiger partial charge in [0.25, 0.3) is 0 Å². The van der Waals surface area contributed by atoms with Crippen LogP contribution < -0.4 is 10.6 Å². The number of rotatable bonds is 5. The van der Waals surface area contributed by atoms with E-state index in [1.165, 1.54) is 12.3 Å². The van der Waals surface area contributed by atoms with Crippen molar-refractivity contribution in [1.29, 1.82) is 0 Å². The van der Waals surface area contributed by atoms with E-state index in [9.17, 15) is 4.39 Å². The minimum Gasteiger partial charge on any atom is -0.318 e. The highest BCUT2D eigenvalue weighted by atomic mass is 19.1. The SMILES string of the molecule is CNCCNCc1ccc(F)cn1. The number of nitrogens with one attached hydrogen (secondary N) is 2. The molecule has 0 spiro atoms. The van der Waals surface area contributed by atoms with Gasteiger partial charge in [-0.3, -0.25) is 4.98 Å². The van der Waals surface area contributed by atoms with Crippen LogP contribution in [-0.4, -0.2) is 25.1 Å². The summed E-state index contributed by atoms with van der Waals surface area (Å²) in [6.45, 7) is 2.48. The highest BCUT2D eigenvalue weighted by molar-refractivity contribution is 5.04. The molecule has 1 aromatic heterocycles. The lowest BCUT2D eigenvalue weighted by molar-refractivity contribution is 0.610. The second-order valence-corrected chi connectivity index (χ2v) is 2.75. The van der Waals surface area contributed by atoms with Crippen LogP contribution in [-0.2, 0) is 6.54 Å². The Morgan fingerprint density at radius 2 is 2.23 bits per heavy atom. The van der Waals surface area contributed by atoms with E-state index in [1.54, 1.807) is 6.07 Å². The van der Waals surface area contributed by atoms with Gasteiger partial charge >= 0.3 is 0 Å². The zero-order valence-electron chi connectivity index (χ0n) is 7.68. The van der Waals surface area contributed by atoms with Gasteiger partial charge in [-0.05, 0) is 19.2 Å². The highest BCUT2D eigenvalue weighted by Crippen LogP contribution is 1.96. The maximum absolute atomic E-state index is 12.4. The maximum Gasteiger partial charge on any atom is 0.141 e. The molecule has 0 saturated heterocycles. The van der Waals surface area contributed by atoms with Gasteiger partial charge in [0.15, 0.2) is 0 Å². The molecule has 1 rings (SSSR count). The highest BCUT2D eigenvalue weighted by Gasteiger charge is 1.93. The molecule has 0 aliphatic heterocycles. The summed E-state index contributed by atoms with van der Waals surface area (Å²) in [7, 11) is 1.90. The molecular formula is C9H14FN3. The van der Waals surface area contributed by atoms with Crippen LogP contribution in [0.4, 0.5) is 4.39 Å². The fourth-order valence-electron chi connectivity index (χ4n) is 0.941. The summed E-state index contributed by atoms with van der Waals surface area (Å²) in [4.78, 5) is 3.92. The second-order valence-electron chi connectivity index (χ2n) is 2.75. The lowest BCUT2D eigenvalue weighted by Crippen LogP contribution is -2.24. The van der Waals surface area contributed by atoms with Gasteiger partial charge in [-0.1, -0.05) is 0 Å². The summed E-state index contributed by atoms with van der Waals surface area (Å²) in [5.41, 5.74) is 0.859. The van der Waals surface area contributed by atoms with Crippen LogP contribution in [0.2, 0.25) is 0 Å². The molecule has 0 unspecified atom stereocenters. The largest absolute Gasteiger partial charge is 0.318 e. The number of nitrogens with zero attached hydrogens (tertiary/aromatic N) is 1. The number of pyridine rings is 1. The fourth-order valence-corrected chi connectivity index (χ4v) is 0.941. The zero-order valence-corrected chi connectivity index (χ0v) is 7.68. The fraction of sp³-hybridized carbons (Fsp3) is 0.444. The minimum atomic E-state index is -0.293. The third kappa shape index (κ3) is 3.96. The van der Waals surface area contributed by atoms with E-state index in [-0.39, 0.29) is 5.82 Å². The molecule has 72 valence electrons. The number of halogens is 1. The lowest BCUT2D eigenvalue weighted by atomic mass is 10.3. The Hall–Kier alpha value is -1.00. The molecule has 0 amide bonds. The van der Waals surface area contributed by atoms with Gasteiger partial charge in [-0.25, -0.2) is 4.39 Å². The molecular weight excluding hydrogens is 169 g/mol. The van der Waals surface area contributed by atoms with Crippen LogP contribution in [0.1, 0.15) is 5.69 Å². The van der Waals surface area contributed by atoms with Crippen LogP contribution in [0.15, 0.2) is 18.3 Å². The van der Waals surface area contributed by atoms with E-state index >= 15 is 0 Å². The molecule has 1 aromatic rings. The smallest absolute Gasteiger partial charge is 0.141 e. The summed E-state index contributed by atoms with van der Waals surface area (Å²) in [6.07, 6.45) is 1.23. The Balaban J connectivity index is 2.25. The van der Waals surface area contributed by atoms with E-state index < -0.39 is 0 Å². The zero-order chi connectivity index (χ0) is 9.52. The minimum absolute atomic E-state index is 0.293. The standard InChI is InChI=1S/C9H14FN3/c1-11-4-5-12-7-9-3-2-8(10)6-13-9/h2-3,6,11-12H,4-5,7H2,1H3. The predicted octanol–water partition coefficient (Wildman–Crippen LogP) is 0.530. The van der Waals surface area contributed by atoms with Gasteiger partial charge in [0.05, 0.1) is 11.9 Å². The summed E-state index contributed by atoms with van der Waals surface area (Å²) in [6, 6.07) is 3.10. The van der Waals surface area contributed by atoms with Crippen molar-refractivity contribution in [2.75, 3.05) is 20.1 Å². The normalized spacial score (nSPS) is 10.3. The van der Waals surface area contributed by atoms with Gasteiger partial charge in [0.2, 0.25) is 0 Å². The molecule has 0 aliphatic carbocycles. The molecule has 0 saturated carbocycles. The van der Waals surface area contributed by atoms with E-state index in [0.717, 1.165) is 18.8 Å². The molecule has 0 fully saturated rings. The summed E-state index contributed by atoms with van der Waals surface area (Å²) in [5, 5.41) is 6.19. The molecule has 4 heteroatoms. The lowest BCUT2D eigenvalue weighted by Gasteiger charge is -2.02. The molecule has 0 aliphatic rings. The van der Waals surface area contributed by atoms with E-state index in [2.05, 4.69) is 15.6 Å². The van der Waals surface area contributed by atoms with E-state index in [4.69, 9.17) is 0 Å². The third-order valence-electron chi connectivity index (χ3n) is 1.65. The average molecular weight is 183 g/mol. The molecule has 1 heterocycles. The Bertz CT molecular complexity index is 235. The molecule has 3 nitrogen and oxygen atoms in total. The van der Waals surface area contributed by atoms with E-state index in [0.29, 0.717) is 6.54 Å². The van der Waals surface area contributed by atoms with Crippen molar-refractivity contribution >= 4 is 0 Å².